The number of para-hydroxylation sites is 3. The van der Waals surface area contributed by atoms with E-state index < -0.39 is 144 Å². The van der Waals surface area contributed by atoms with Crippen LogP contribution in [-0.2, 0) is 0 Å². The van der Waals surface area contributed by atoms with E-state index in [-0.39, 0.29) is 82.8 Å². The number of rotatable bonds is 5. The van der Waals surface area contributed by atoms with Crippen LogP contribution in [0, 0.1) is 0 Å². The highest BCUT2D eigenvalue weighted by Gasteiger charge is 2.20. The SMILES string of the molecule is [2H]c1ccc([2H])c(N(c2ccc(-c3nc4c([2H])c([2H])cc([2H])c4c4c3c(-c3cc([2H])c5c([2H])c([2H])c6c([2H])c([2H])cnc6c5n3)c([2H])c3c([2H])cc([2H])c([2H])c34)c([2H])c2[2H])c2c([2H])c([2H])c([2H])c([2H])c2[2H])c1[2H]. The maximum atomic E-state index is 9.90. The summed E-state index contributed by atoms with van der Waals surface area (Å²) >= 11 is 0. The largest absolute Gasteiger partial charge is 0.311 e. The van der Waals surface area contributed by atoms with Crippen molar-refractivity contribution in [1.29, 1.82) is 0 Å². The van der Waals surface area contributed by atoms with Gasteiger partial charge < -0.3 is 4.90 Å². The molecule has 0 radical (unpaired) electrons. The normalized spacial score (nSPS) is 17.6. The van der Waals surface area contributed by atoms with Crippen molar-refractivity contribution < 1.29 is 30.2 Å². The summed E-state index contributed by atoms with van der Waals surface area (Å²) in [6.07, 6.45) is 1.03. The molecule has 0 saturated heterocycles. The van der Waals surface area contributed by atoms with Crippen LogP contribution in [0.15, 0.2) is 182 Å². The number of nitrogens with zero attached hydrogens (tertiary/aromatic N) is 4. The minimum Gasteiger partial charge on any atom is -0.311 e. The van der Waals surface area contributed by atoms with Gasteiger partial charge in [0.25, 0.3) is 0 Å². The van der Waals surface area contributed by atoms with E-state index in [0.29, 0.717) is 0 Å². The molecule has 0 amide bonds. The maximum absolute atomic E-state index is 9.90. The zero-order valence-corrected chi connectivity index (χ0v) is 25.9. The van der Waals surface area contributed by atoms with Gasteiger partial charge in [0.1, 0.15) is 0 Å². The van der Waals surface area contributed by atoms with Gasteiger partial charge in [0.2, 0.25) is 0 Å². The molecule has 0 saturated carbocycles. The molecular weight excluding hydrogens is 621 g/mol. The summed E-state index contributed by atoms with van der Waals surface area (Å²) in [4.78, 5) is 14.7. The van der Waals surface area contributed by atoms with E-state index in [4.69, 9.17) is 31.9 Å². The zero-order chi connectivity index (χ0) is 52.9. The number of fused-ring (bicyclic) bond motifs is 8. The second-order valence-electron chi connectivity index (χ2n) is 11.1. The first kappa shape index (κ1) is 14.5. The van der Waals surface area contributed by atoms with Gasteiger partial charge in [-0.2, -0.15) is 0 Å². The third-order valence-electron chi connectivity index (χ3n) is 8.21. The Morgan fingerprint density at radius 2 is 1.31 bits per heavy atom. The molecule has 0 fully saturated rings. The van der Waals surface area contributed by atoms with E-state index in [1.54, 1.807) is 0 Å². The fraction of sp³-hybridized carbons (Fsp3) is 0. The minimum atomic E-state index is -0.818. The summed E-state index contributed by atoms with van der Waals surface area (Å²) in [6, 6.07) is -5.04. The lowest BCUT2D eigenvalue weighted by molar-refractivity contribution is 1.28. The van der Waals surface area contributed by atoms with Crippen LogP contribution in [0.1, 0.15) is 30.2 Å². The van der Waals surface area contributed by atoms with Crippen LogP contribution in [0.2, 0.25) is 0 Å². The first-order valence-corrected chi connectivity index (χ1v) is 15.4. The van der Waals surface area contributed by atoms with Crippen LogP contribution < -0.4 is 4.90 Å². The molecule has 3 heterocycles. The number of hydrogen-bond acceptors (Lipinski definition) is 4. The molecule has 0 bridgehead atoms. The first-order valence-electron chi connectivity index (χ1n) is 26.4. The molecule has 0 aliphatic carbocycles. The summed E-state index contributed by atoms with van der Waals surface area (Å²) in [5.41, 5.74) is -3.48. The van der Waals surface area contributed by atoms with Gasteiger partial charge in [-0.15, -0.1) is 0 Å². The Bertz CT molecular complexity index is 4180. The summed E-state index contributed by atoms with van der Waals surface area (Å²) in [5.74, 6) is 0. The van der Waals surface area contributed by atoms with E-state index in [1.807, 2.05) is 0 Å². The van der Waals surface area contributed by atoms with Crippen LogP contribution in [0.4, 0.5) is 17.1 Å². The number of anilines is 3. The van der Waals surface area contributed by atoms with Gasteiger partial charge in [-0.25, -0.2) is 9.97 Å². The van der Waals surface area contributed by atoms with Crippen molar-refractivity contribution in [3.63, 3.8) is 0 Å². The first-order chi connectivity index (χ1) is 34.4. The fourth-order valence-electron chi connectivity index (χ4n) is 6.05. The topological polar surface area (TPSA) is 41.9 Å². The highest BCUT2D eigenvalue weighted by molar-refractivity contribution is 6.26. The van der Waals surface area contributed by atoms with E-state index in [9.17, 15) is 8.22 Å². The Morgan fingerprint density at radius 1 is 0.490 bits per heavy atom. The second kappa shape index (κ2) is 11.9. The molecule has 4 heteroatoms. The molecule has 10 rings (SSSR count). The Labute approximate surface area is 325 Å². The van der Waals surface area contributed by atoms with Crippen molar-refractivity contribution >= 4 is 71.3 Å². The van der Waals surface area contributed by atoms with E-state index in [1.165, 1.54) is 6.07 Å². The van der Waals surface area contributed by atoms with Gasteiger partial charge in [0.15, 0.2) is 0 Å². The number of hydrogen-bond donors (Lipinski definition) is 0. The monoisotopic (exact) mass is 672 g/mol. The lowest BCUT2D eigenvalue weighted by atomic mass is 9.90. The standard InChI is InChI=1S/C47H30N4/c1-3-14-35(15-4-1)51(36-16-5-2-6-17-36)37-26-23-32(24-27-37)45-44-40(42-28-25-33-22-21-31-13-11-29-48-46(31)47(33)50-42)30-34-12-7-8-18-38(34)43(44)39-19-9-10-20-41(39)49-45/h1-30H/i1D,3D,4D,5D,8D,10D,11D,12D,13D,14D,15D,16D,17D,18D,19D,20D,21D,22D,23D,25D,26D,30D. The molecule has 0 atom stereocenters. The average Bonchev–Trinajstić information content (AvgIpc) is 3.34. The predicted octanol–water partition coefficient (Wildman–Crippen LogP) is 12.4. The Hall–Kier alpha value is -6.91. The minimum absolute atomic E-state index is 0.148. The van der Waals surface area contributed by atoms with Crippen LogP contribution in [-0.4, -0.2) is 15.0 Å². The molecule has 4 nitrogen and oxygen atoms in total. The molecule has 10 aromatic rings. The maximum Gasteiger partial charge on any atom is 0.0972 e. The lowest BCUT2D eigenvalue weighted by Gasteiger charge is -2.25. The van der Waals surface area contributed by atoms with Crippen LogP contribution in [0.25, 0.3) is 76.8 Å². The summed E-state index contributed by atoms with van der Waals surface area (Å²) in [6.45, 7) is 0. The van der Waals surface area contributed by atoms with E-state index >= 15 is 0 Å². The number of benzene rings is 7. The van der Waals surface area contributed by atoms with Crippen molar-refractivity contribution in [3.8, 4) is 22.5 Å². The third kappa shape index (κ3) is 4.88. The summed E-state index contributed by atoms with van der Waals surface area (Å²) in [5, 5.41) is -1.55. The van der Waals surface area contributed by atoms with Crippen molar-refractivity contribution in [2.75, 3.05) is 4.90 Å². The van der Waals surface area contributed by atoms with Crippen LogP contribution in [0.5, 0.6) is 0 Å². The second-order valence-corrected chi connectivity index (χ2v) is 11.1. The third-order valence-corrected chi connectivity index (χ3v) is 8.21. The lowest BCUT2D eigenvalue weighted by Crippen LogP contribution is -2.09. The van der Waals surface area contributed by atoms with Crippen LogP contribution >= 0.6 is 0 Å². The molecule has 51 heavy (non-hydrogen) atoms. The van der Waals surface area contributed by atoms with E-state index in [0.717, 1.165) is 47.5 Å². The predicted molar refractivity (Wildman–Crippen MR) is 213 cm³/mol. The van der Waals surface area contributed by atoms with Crippen molar-refractivity contribution in [2.24, 2.45) is 0 Å². The average molecular weight is 673 g/mol. The molecule has 0 spiro atoms. The van der Waals surface area contributed by atoms with Gasteiger partial charge in [0, 0.05) is 61.3 Å². The highest BCUT2D eigenvalue weighted by Crippen LogP contribution is 2.44. The van der Waals surface area contributed by atoms with Gasteiger partial charge in [-0.05, 0) is 71.2 Å². The smallest absolute Gasteiger partial charge is 0.0972 e. The molecule has 0 N–H and O–H groups in total. The number of aromatic nitrogens is 3. The molecule has 238 valence electrons. The zero-order valence-electron chi connectivity index (χ0n) is 47.9. The molecule has 0 aliphatic heterocycles. The quantitative estimate of drug-likeness (QED) is 0.171. The van der Waals surface area contributed by atoms with Gasteiger partial charge in [-0.1, -0.05) is 115 Å². The van der Waals surface area contributed by atoms with Gasteiger partial charge >= 0.3 is 0 Å². The highest BCUT2D eigenvalue weighted by atomic mass is 15.1. The Kier molecular flexibility index (Phi) is 3.39. The van der Waals surface area contributed by atoms with Gasteiger partial charge in [-0.3, -0.25) is 4.98 Å². The fourth-order valence-corrected chi connectivity index (χ4v) is 6.05. The molecule has 3 aromatic heterocycles. The van der Waals surface area contributed by atoms with Crippen LogP contribution in [0.3, 0.4) is 0 Å². The van der Waals surface area contributed by atoms with E-state index in [2.05, 4.69) is 4.98 Å². The number of pyridine rings is 3. The molecule has 0 unspecified atom stereocenters. The Morgan fingerprint density at radius 3 is 2.25 bits per heavy atom. The summed E-state index contributed by atoms with van der Waals surface area (Å²) in [7, 11) is 0. The summed E-state index contributed by atoms with van der Waals surface area (Å²) < 4.78 is 196. The molecule has 0 aliphatic rings. The molecular formula is C47H30N4. The van der Waals surface area contributed by atoms with Crippen molar-refractivity contribution in [1.82, 2.24) is 15.0 Å². The molecule has 7 aromatic carbocycles. The van der Waals surface area contributed by atoms with Crippen molar-refractivity contribution in [3.05, 3.63) is 182 Å². The Balaban J connectivity index is 1.42. The van der Waals surface area contributed by atoms with Gasteiger partial charge in [0.05, 0.1) is 58.1 Å². The van der Waals surface area contributed by atoms with Crippen molar-refractivity contribution in [2.45, 2.75) is 0 Å².